The SMILES string of the molecule is COc1cnc2cccc(CNC3CN(C[C@@H]4CN(c5ccc6c(c5)NC(=O)CO6)C(=O)O4)C3)c2n1. The molecular weight excluding hydrogens is 464 g/mol. The smallest absolute Gasteiger partial charge is 0.414 e. The van der Waals surface area contributed by atoms with Crippen LogP contribution in [0.5, 0.6) is 11.6 Å². The fraction of sp³-hybridized carbons (Fsp3) is 0.360. The van der Waals surface area contributed by atoms with Crippen LogP contribution in [0.4, 0.5) is 16.2 Å². The van der Waals surface area contributed by atoms with Gasteiger partial charge in [0.15, 0.2) is 6.61 Å². The highest BCUT2D eigenvalue weighted by Crippen LogP contribution is 2.33. The number of nitrogens with one attached hydrogen (secondary N) is 2. The van der Waals surface area contributed by atoms with Crippen molar-refractivity contribution in [2.24, 2.45) is 0 Å². The number of likely N-dealkylation sites (tertiary alicyclic amines) is 1. The summed E-state index contributed by atoms with van der Waals surface area (Å²) in [5.41, 5.74) is 3.99. The van der Waals surface area contributed by atoms with Crippen LogP contribution in [-0.2, 0) is 16.1 Å². The summed E-state index contributed by atoms with van der Waals surface area (Å²) >= 11 is 0. The molecule has 2 N–H and O–H groups in total. The van der Waals surface area contributed by atoms with E-state index in [1.165, 1.54) is 0 Å². The summed E-state index contributed by atoms with van der Waals surface area (Å²) in [5, 5.41) is 6.35. The zero-order chi connectivity index (χ0) is 24.6. The lowest BCUT2D eigenvalue weighted by molar-refractivity contribution is -0.118. The van der Waals surface area contributed by atoms with E-state index in [2.05, 4.69) is 25.5 Å². The summed E-state index contributed by atoms with van der Waals surface area (Å²) in [4.78, 5) is 36.9. The second kappa shape index (κ2) is 9.25. The van der Waals surface area contributed by atoms with E-state index in [9.17, 15) is 9.59 Å². The number of para-hydroxylation sites is 1. The molecule has 3 aliphatic rings. The van der Waals surface area contributed by atoms with E-state index in [0.29, 0.717) is 48.7 Å². The molecular formula is C25H26N6O5. The Kier molecular flexibility index (Phi) is 5.78. The Morgan fingerprint density at radius 2 is 2.08 bits per heavy atom. The maximum absolute atomic E-state index is 12.5. The van der Waals surface area contributed by atoms with Gasteiger partial charge in [0, 0.05) is 37.9 Å². The molecule has 0 aliphatic carbocycles. The van der Waals surface area contributed by atoms with Gasteiger partial charge in [-0.2, -0.15) is 0 Å². The number of carbonyl (C=O) groups excluding carboxylic acids is 2. The lowest BCUT2D eigenvalue weighted by Gasteiger charge is -2.40. The second-order valence-electron chi connectivity index (χ2n) is 9.13. The number of hydrogen-bond acceptors (Lipinski definition) is 9. The molecule has 2 amide bonds. The average molecular weight is 491 g/mol. The van der Waals surface area contributed by atoms with Gasteiger partial charge in [-0.3, -0.25) is 14.6 Å². The summed E-state index contributed by atoms with van der Waals surface area (Å²) in [7, 11) is 1.59. The molecule has 0 radical (unpaired) electrons. The molecule has 1 aromatic heterocycles. The molecule has 2 fully saturated rings. The highest BCUT2D eigenvalue weighted by molar-refractivity contribution is 5.97. The molecule has 2 aromatic carbocycles. The number of ether oxygens (including phenoxy) is 3. The van der Waals surface area contributed by atoms with E-state index in [4.69, 9.17) is 14.2 Å². The number of methoxy groups -OCH3 is 1. The van der Waals surface area contributed by atoms with E-state index in [1.807, 2.05) is 18.2 Å². The van der Waals surface area contributed by atoms with E-state index >= 15 is 0 Å². The molecule has 3 aliphatic heterocycles. The van der Waals surface area contributed by atoms with Gasteiger partial charge in [0.1, 0.15) is 11.9 Å². The third-order valence-corrected chi connectivity index (χ3v) is 6.63. The number of amides is 2. The van der Waals surface area contributed by atoms with Gasteiger partial charge in [-0.25, -0.2) is 14.8 Å². The van der Waals surface area contributed by atoms with Gasteiger partial charge in [0.05, 0.1) is 36.6 Å². The Bertz CT molecular complexity index is 1330. The highest BCUT2D eigenvalue weighted by Gasteiger charge is 2.37. The third kappa shape index (κ3) is 4.38. The first-order chi connectivity index (χ1) is 17.6. The van der Waals surface area contributed by atoms with E-state index in [0.717, 1.165) is 29.7 Å². The number of cyclic esters (lactones) is 1. The van der Waals surface area contributed by atoms with Gasteiger partial charge in [0.2, 0.25) is 5.88 Å². The van der Waals surface area contributed by atoms with Gasteiger partial charge < -0.3 is 24.8 Å². The Morgan fingerprint density at radius 1 is 1.19 bits per heavy atom. The van der Waals surface area contributed by atoms with Gasteiger partial charge in [-0.15, -0.1) is 0 Å². The normalized spacial score (nSPS) is 19.9. The Balaban J connectivity index is 1.01. The van der Waals surface area contributed by atoms with Crippen molar-refractivity contribution in [1.29, 1.82) is 0 Å². The van der Waals surface area contributed by atoms with Crippen molar-refractivity contribution in [1.82, 2.24) is 20.2 Å². The molecule has 2 saturated heterocycles. The number of hydrogen-bond donors (Lipinski definition) is 2. The predicted molar refractivity (Wildman–Crippen MR) is 131 cm³/mol. The standard InChI is InChI=1S/C25H26N6O5/c1-34-23-9-27-19-4-2-3-15(24(19)29-23)8-26-16-10-30(11-16)12-18-13-31(25(33)36-18)17-5-6-21-20(7-17)28-22(32)14-35-21/h2-7,9,16,18,26H,8,10-14H2,1H3,(H,28,32)/t18-/m1/s1. The molecule has 186 valence electrons. The minimum Gasteiger partial charge on any atom is -0.482 e. The van der Waals surface area contributed by atoms with Crippen molar-refractivity contribution in [3.05, 3.63) is 48.2 Å². The van der Waals surface area contributed by atoms with Crippen molar-refractivity contribution in [3.63, 3.8) is 0 Å². The molecule has 3 aromatic rings. The van der Waals surface area contributed by atoms with Crippen LogP contribution in [0.15, 0.2) is 42.6 Å². The van der Waals surface area contributed by atoms with Crippen LogP contribution >= 0.6 is 0 Å². The van der Waals surface area contributed by atoms with Crippen molar-refractivity contribution < 1.29 is 23.8 Å². The zero-order valence-corrected chi connectivity index (χ0v) is 19.8. The minimum absolute atomic E-state index is 0.00333. The minimum atomic E-state index is -0.384. The fourth-order valence-corrected chi connectivity index (χ4v) is 4.77. The van der Waals surface area contributed by atoms with Crippen molar-refractivity contribution >= 4 is 34.4 Å². The number of aromatic nitrogens is 2. The zero-order valence-electron chi connectivity index (χ0n) is 19.8. The fourth-order valence-electron chi connectivity index (χ4n) is 4.77. The van der Waals surface area contributed by atoms with Crippen LogP contribution in [0.25, 0.3) is 11.0 Å². The summed E-state index contributed by atoms with van der Waals surface area (Å²) in [6, 6.07) is 11.6. The molecule has 0 bridgehead atoms. The van der Waals surface area contributed by atoms with Gasteiger partial charge in [0.25, 0.3) is 5.91 Å². The average Bonchev–Trinajstić information content (AvgIpc) is 3.24. The predicted octanol–water partition coefficient (Wildman–Crippen LogP) is 1.77. The maximum atomic E-state index is 12.5. The summed E-state index contributed by atoms with van der Waals surface area (Å²) in [6.07, 6.45) is 1.02. The largest absolute Gasteiger partial charge is 0.482 e. The lowest BCUT2D eigenvalue weighted by atomic mass is 10.1. The number of rotatable bonds is 7. The van der Waals surface area contributed by atoms with Crippen LogP contribution in [-0.4, -0.2) is 78.9 Å². The van der Waals surface area contributed by atoms with Crippen LogP contribution in [0.2, 0.25) is 0 Å². The van der Waals surface area contributed by atoms with E-state index in [1.54, 1.807) is 36.4 Å². The number of carbonyl (C=O) groups is 2. The summed E-state index contributed by atoms with van der Waals surface area (Å²) in [5.74, 6) is 0.880. The molecule has 11 heteroatoms. The second-order valence-corrected chi connectivity index (χ2v) is 9.13. The highest BCUT2D eigenvalue weighted by atomic mass is 16.6. The van der Waals surface area contributed by atoms with Crippen LogP contribution in [0.3, 0.4) is 0 Å². The molecule has 0 spiro atoms. The third-order valence-electron chi connectivity index (χ3n) is 6.63. The Hall–Kier alpha value is -3.96. The quantitative estimate of drug-likeness (QED) is 0.511. The maximum Gasteiger partial charge on any atom is 0.414 e. The van der Waals surface area contributed by atoms with Crippen molar-refractivity contribution in [3.8, 4) is 11.6 Å². The molecule has 1 atom stereocenters. The number of anilines is 2. The molecule has 11 nitrogen and oxygen atoms in total. The Morgan fingerprint density at radius 3 is 2.94 bits per heavy atom. The number of nitrogens with zero attached hydrogens (tertiary/aromatic N) is 4. The molecule has 0 unspecified atom stereocenters. The summed E-state index contributed by atoms with van der Waals surface area (Å²) < 4.78 is 16.2. The van der Waals surface area contributed by atoms with Gasteiger partial charge in [-0.05, 0) is 29.8 Å². The van der Waals surface area contributed by atoms with Crippen molar-refractivity contribution in [2.75, 3.05) is 50.1 Å². The van der Waals surface area contributed by atoms with E-state index in [-0.39, 0.29) is 24.7 Å². The Labute approximate surface area is 207 Å². The van der Waals surface area contributed by atoms with Gasteiger partial charge >= 0.3 is 6.09 Å². The topological polar surface area (TPSA) is 118 Å². The molecule has 36 heavy (non-hydrogen) atoms. The first kappa shape index (κ1) is 22.5. The van der Waals surface area contributed by atoms with Crippen LogP contribution in [0.1, 0.15) is 5.56 Å². The monoisotopic (exact) mass is 490 g/mol. The first-order valence-electron chi connectivity index (χ1n) is 11.8. The number of fused-ring (bicyclic) bond motifs is 2. The summed E-state index contributed by atoms with van der Waals surface area (Å²) in [6.45, 7) is 3.55. The van der Waals surface area contributed by atoms with Crippen LogP contribution in [0, 0.1) is 0 Å². The van der Waals surface area contributed by atoms with Crippen LogP contribution < -0.4 is 25.0 Å². The lowest BCUT2D eigenvalue weighted by Crippen LogP contribution is -2.59. The molecule has 6 rings (SSSR count). The van der Waals surface area contributed by atoms with Gasteiger partial charge in [-0.1, -0.05) is 12.1 Å². The molecule has 4 heterocycles. The molecule has 0 saturated carbocycles. The number of benzene rings is 2. The van der Waals surface area contributed by atoms with E-state index < -0.39 is 0 Å². The first-order valence-corrected chi connectivity index (χ1v) is 11.8. The van der Waals surface area contributed by atoms with Crippen molar-refractivity contribution in [2.45, 2.75) is 18.7 Å².